The van der Waals surface area contributed by atoms with Crippen molar-refractivity contribution < 1.29 is 9.53 Å². The number of methoxy groups -OCH3 is 1. The van der Waals surface area contributed by atoms with Crippen LogP contribution in [0.15, 0.2) is 24.3 Å². The van der Waals surface area contributed by atoms with E-state index in [9.17, 15) is 4.79 Å². The maximum absolute atomic E-state index is 13.3. The predicted octanol–water partition coefficient (Wildman–Crippen LogP) is 2.53. The summed E-state index contributed by atoms with van der Waals surface area (Å²) in [6.45, 7) is 1.49. The van der Waals surface area contributed by atoms with Crippen molar-refractivity contribution in [3.63, 3.8) is 0 Å². The lowest BCUT2D eigenvalue weighted by Gasteiger charge is -2.41. The molecule has 3 aliphatic rings. The summed E-state index contributed by atoms with van der Waals surface area (Å²) in [7, 11) is 1.75. The Morgan fingerprint density at radius 3 is 2.88 bits per heavy atom. The minimum Gasteiger partial charge on any atom is -0.383 e. The maximum atomic E-state index is 13.3. The van der Waals surface area contributed by atoms with Crippen LogP contribution in [0.25, 0.3) is 0 Å². The quantitative estimate of drug-likeness (QED) is 0.885. The van der Waals surface area contributed by atoms with Crippen LogP contribution in [-0.4, -0.2) is 43.2 Å². The second kappa shape index (κ2) is 6.96. The van der Waals surface area contributed by atoms with Gasteiger partial charge in [-0.2, -0.15) is 0 Å². The molecule has 1 unspecified atom stereocenters. The van der Waals surface area contributed by atoms with Crippen LogP contribution in [0.2, 0.25) is 0 Å². The van der Waals surface area contributed by atoms with Gasteiger partial charge in [-0.3, -0.25) is 4.79 Å². The van der Waals surface area contributed by atoms with Gasteiger partial charge in [-0.1, -0.05) is 31.0 Å². The van der Waals surface area contributed by atoms with Gasteiger partial charge < -0.3 is 20.7 Å². The van der Waals surface area contributed by atoms with Crippen molar-refractivity contribution in [2.45, 2.75) is 50.2 Å². The van der Waals surface area contributed by atoms with E-state index >= 15 is 0 Å². The fraction of sp³-hybridized carbons (Fsp3) is 0.650. The molecule has 5 nitrogen and oxygen atoms in total. The molecule has 1 amide bonds. The minimum atomic E-state index is -0.00424. The summed E-state index contributed by atoms with van der Waals surface area (Å²) in [5.74, 6) is 0.668. The molecule has 25 heavy (non-hydrogen) atoms. The number of para-hydroxylation sites is 1. The number of carbonyl (C=O) groups excluding carboxylic acids is 1. The zero-order valence-electron chi connectivity index (χ0n) is 15.0. The van der Waals surface area contributed by atoms with Crippen molar-refractivity contribution in [2.75, 3.05) is 25.6 Å². The van der Waals surface area contributed by atoms with Crippen molar-refractivity contribution in [3.05, 3.63) is 29.8 Å². The average Bonchev–Trinajstić information content (AvgIpc) is 3.07. The Morgan fingerprint density at radius 1 is 1.28 bits per heavy atom. The highest BCUT2D eigenvalue weighted by Gasteiger charge is 2.47. The Hall–Kier alpha value is -1.59. The highest BCUT2D eigenvalue weighted by atomic mass is 16.5. The van der Waals surface area contributed by atoms with Gasteiger partial charge in [-0.05, 0) is 30.9 Å². The molecule has 3 N–H and O–H groups in total. The zero-order chi connectivity index (χ0) is 17.4. The molecule has 1 aromatic rings. The number of amides is 1. The second-order valence-electron chi connectivity index (χ2n) is 7.78. The number of likely N-dealkylation sites (tertiary alicyclic amines) is 1. The molecule has 0 bridgehead atoms. The van der Waals surface area contributed by atoms with E-state index in [1.807, 2.05) is 6.07 Å². The molecule has 1 aliphatic carbocycles. The first-order valence-corrected chi connectivity index (χ1v) is 9.61. The van der Waals surface area contributed by atoms with E-state index in [1.54, 1.807) is 7.11 Å². The number of nitrogens with two attached hydrogens (primary N) is 1. The average molecular weight is 343 g/mol. The van der Waals surface area contributed by atoms with E-state index in [4.69, 9.17) is 10.5 Å². The normalized spacial score (nSPS) is 34.2. The lowest BCUT2D eigenvalue weighted by atomic mass is 9.81. The lowest BCUT2D eigenvalue weighted by molar-refractivity contribution is -0.138. The van der Waals surface area contributed by atoms with Crippen LogP contribution in [0.3, 0.4) is 0 Å². The molecule has 1 saturated heterocycles. The van der Waals surface area contributed by atoms with Gasteiger partial charge in [-0.25, -0.2) is 0 Å². The first-order valence-electron chi connectivity index (χ1n) is 9.61. The number of ether oxygens (including phenoxy) is 1. The lowest BCUT2D eigenvalue weighted by Crippen LogP contribution is -2.48. The van der Waals surface area contributed by atoms with Crippen LogP contribution < -0.4 is 11.1 Å². The number of fused-ring (bicyclic) bond motifs is 3. The molecule has 0 spiro atoms. The maximum Gasteiger partial charge on any atom is 0.227 e. The van der Waals surface area contributed by atoms with Crippen LogP contribution in [0.5, 0.6) is 0 Å². The van der Waals surface area contributed by atoms with E-state index < -0.39 is 0 Å². The fourth-order valence-corrected chi connectivity index (χ4v) is 5.10. The van der Waals surface area contributed by atoms with Crippen molar-refractivity contribution in [3.8, 4) is 0 Å². The molecule has 2 heterocycles. The molecule has 0 radical (unpaired) electrons. The third kappa shape index (κ3) is 2.93. The van der Waals surface area contributed by atoms with Crippen LogP contribution in [0.1, 0.15) is 43.7 Å². The van der Waals surface area contributed by atoms with E-state index in [-0.39, 0.29) is 30.0 Å². The topological polar surface area (TPSA) is 67.6 Å². The van der Waals surface area contributed by atoms with Crippen molar-refractivity contribution in [1.82, 2.24) is 4.90 Å². The second-order valence-corrected chi connectivity index (χ2v) is 7.78. The summed E-state index contributed by atoms with van der Waals surface area (Å²) in [4.78, 5) is 15.5. The van der Waals surface area contributed by atoms with Gasteiger partial charge in [0.15, 0.2) is 0 Å². The van der Waals surface area contributed by atoms with Gasteiger partial charge >= 0.3 is 0 Å². The number of rotatable bonds is 3. The summed E-state index contributed by atoms with van der Waals surface area (Å²) in [6, 6.07) is 8.82. The van der Waals surface area contributed by atoms with Gasteiger partial charge in [-0.15, -0.1) is 0 Å². The van der Waals surface area contributed by atoms with Gasteiger partial charge in [0.1, 0.15) is 0 Å². The molecular weight excluding hydrogens is 314 g/mol. The molecule has 136 valence electrons. The summed E-state index contributed by atoms with van der Waals surface area (Å²) >= 11 is 0. The Bertz CT molecular complexity index is 635. The van der Waals surface area contributed by atoms with E-state index in [0.717, 1.165) is 44.3 Å². The smallest absolute Gasteiger partial charge is 0.227 e. The Balaban J connectivity index is 1.64. The van der Waals surface area contributed by atoms with E-state index in [2.05, 4.69) is 28.4 Å². The molecule has 0 aromatic heterocycles. The van der Waals surface area contributed by atoms with Gasteiger partial charge in [0.2, 0.25) is 5.91 Å². The Kier molecular flexibility index (Phi) is 4.69. The number of hydrogen-bond donors (Lipinski definition) is 2. The number of anilines is 1. The highest BCUT2D eigenvalue weighted by molar-refractivity contribution is 5.81. The highest BCUT2D eigenvalue weighted by Crippen LogP contribution is 2.47. The molecular formula is C20H29N3O2. The van der Waals surface area contributed by atoms with Crippen LogP contribution in [0.4, 0.5) is 5.69 Å². The SMILES string of the molecule is COCC1Nc2ccccc2[C@H]2[C@@H]1CCN2C(=O)[C@H]1CCCC[C@H]1N. The van der Waals surface area contributed by atoms with Gasteiger partial charge in [0.05, 0.1) is 24.6 Å². The van der Waals surface area contributed by atoms with Crippen LogP contribution in [-0.2, 0) is 9.53 Å². The van der Waals surface area contributed by atoms with E-state index in [1.165, 1.54) is 5.56 Å². The first kappa shape index (κ1) is 16.9. The summed E-state index contributed by atoms with van der Waals surface area (Å²) < 4.78 is 5.45. The number of hydrogen-bond acceptors (Lipinski definition) is 4. The number of carbonyl (C=O) groups is 1. The fourth-order valence-electron chi connectivity index (χ4n) is 5.10. The van der Waals surface area contributed by atoms with Crippen LogP contribution >= 0.6 is 0 Å². The monoisotopic (exact) mass is 343 g/mol. The minimum absolute atomic E-state index is 0.00424. The molecule has 5 atom stereocenters. The number of nitrogens with one attached hydrogen (secondary N) is 1. The predicted molar refractivity (Wildman–Crippen MR) is 98.2 cm³/mol. The van der Waals surface area contributed by atoms with Crippen molar-refractivity contribution >= 4 is 11.6 Å². The molecule has 2 fully saturated rings. The summed E-state index contributed by atoms with van der Waals surface area (Å²) in [5.41, 5.74) is 8.69. The number of benzene rings is 1. The summed E-state index contributed by atoms with van der Waals surface area (Å²) in [5, 5.41) is 3.63. The van der Waals surface area contributed by atoms with Crippen LogP contribution in [0, 0.1) is 11.8 Å². The molecule has 4 rings (SSSR count). The van der Waals surface area contributed by atoms with Crippen molar-refractivity contribution in [1.29, 1.82) is 0 Å². The molecule has 1 aromatic carbocycles. The third-order valence-electron chi connectivity index (χ3n) is 6.35. The number of nitrogens with zero attached hydrogens (tertiary/aromatic N) is 1. The Morgan fingerprint density at radius 2 is 2.08 bits per heavy atom. The standard InChI is InChI=1S/C20H29N3O2/c1-25-12-18-15-10-11-23(20(24)13-6-2-4-8-16(13)21)19(15)14-7-3-5-9-17(14)22-18/h3,5,7,9,13,15-16,18-19,22H,2,4,6,8,10-12,21H2,1H3/t13-,15+,16+,18?,19-/m0/s1. The third-order valence-corrected chi connectivity index (χ3v) is 6.35. The largest absolute Gasteiger partial charge is 0.383 e. The molecule has 2 aliphatic heterocycles. The van der Waals surface area contributed by atoms with Crippen molar-refractivity contribution in [2.24, 2.45) is 17.6 Å². The van der Waals surface area contributed by atoms with Gasteiger partial charge in [0, 0.05) is 31.3 Å². The van der Waals surface area contributed by atoms with E-state index in [0.29, 0.717) is 12.5 Å². The summed E-state index contributed by atoms with van der Waals surface area (Å²) in [6.07, 6.45) is 5.21. The molecule has 1 saturated carbocycles. The Labute approximate surface area is 149 Å². The first-order chi connectivity index (χ1) is 12.2. The zero-order valence-corrected chi connectivity index (χ0v) is 15.0. The molecule has 5 heteroatoms. The van der Waals surface area contributed by atoms with Gasteiger partial charge in [0.25, 0.3) is 0 Å².